The number of halogens is 2. The van der Waals surface area contributed by atoms with E-state index in [9.17, 15) is 18.7 Å². The lowest BCUT2D eigenvalue weighted by Gasteiger charge is -2.36. The normalized spacial score (nSPS) is 26.4. The third kappa shape index (κ3) is 3.17. The molecular formula is C16H20F2O2. The molecule has 1 N–H and O–H groups in total. The maximum atomic E-state index is 13.2. The van der Waals surface area contributed by atoms with Crippen LogP contribution in [-0.4, -0.2) is 11.1 Å². The summed E-state index contributed by atoms with van der Waals surface area (Å²) in [4.78, 5) is 11.7. The number of carboxylic acid groups (broad SMARTS) is 1. The maximum Gasteiger partial charge on any atom is 0.309 e. The van der Waals surface area contributed by atoms with Crippen molar-refractivity contribution >= 4 is 5.97 Å². The third-order valence-electron chi connectivity index (χ3n) is 4.56. The Morgan fingerprint density at radius 1 is 1.25 bits per heavy atom. The molecule has 0 aliphatic heterocycles. The van der Waals surface area contributed by atoms with Crippen LogP contribution in [-0.2, 0) is 11.2 Å². The molecule has 0 aromatic heterocycles. The zero-order valence-electron chi connectivity index (χ0n) is 11.7. The highest BCUT2D eigenvalue weighted by molar-refractivity contribution is 5.75. The Kier molecular flexibility index (Phi) is 4.41. The van der Waals surface area contributed by atoms with E-state index in [1.54, 1.807) is 0 Å². The number of carboxylic acids is 1. The first-order chi connectivity index (χ1) is 9.45. The van der Waals surface area contributed by atoms with Crippen molar-refractivity contribution in [1.82, 2.24) is 0 Å². The van der Waals surface area contributed by atoms with E-state index >= 15 is 0 Å². The molecule has 4 heteroatoms. The minimum Gasteiger partial charge on any atom is -0.481 e. The molecular weight excluding hydrogens is 262 g/mol. The van der Waals surface area contributed by atoms with Gasteiger partial charge >= 0.3 is 5.97 Å². The molecule has 2 nitrogen and oxygen atoms in total. The first kappa shape index (κ1) is 14.9. The third-order valence-corrected chi connectivity index (χ3v) is 4.56. The lowest BCUT2D eigenvalue weighted by Crippen LogP contribution is -2.37. The predicted octanol–water partition coefficient (Wildman–Crippen LogP) is 4.18. The van der Waals surface area contributed by atoms with E-state index in [1.165, 1.54) is 12.1 Å². The van der Waals surface area contributed by atoms with Crippen LogP contribution in [0.1, 0.15) is 44.6 Å². The molecule has 0 heterocycles. The zero-order chi connectivity index (χ0) is 14.8. The fourth-order valence-electron chi connectivity index (χ4n) is 3.21. The molecule has 110 valence electrons. The van der Waals surface area contributed by atoms with Crippen molar-refractivity contribution in [2.75, 3.05) is 0 Å². The largest absolute Gasteiger partial charge is 0.481 e. The second kappa shape index (κ2) is 5.90. The fourth-order valence-corrected chi connectivity index (χ4v) is 3.21. The van der Waals surface area contributed by atoms with Crippen molar-refractivity contribution < 1.29 is 18.7 Å². The Morgan fingerprint density at radius 2 is 1.80 bits per heavy atom. The topological polar surface area (TPSA) is 37.3 Å². The van der Waals surface area contributed by atoms with Gasteiger partial charge in [-0.15, -0.1) is 0 Å². The summed E-state index contributed by atoms with van der Waals surface area (Å²) >= 11 is 0. The number of hydrogen-bond donors (Lipinski definition) is 1. The van der Waals surface area contributed by atoms with Crippen LogP contribution >= 0.6 is 0 Å². The minimum absolute atomic E-state index is 0.202. The molecule has 2 rings (SSSR count). The van der Waals surface area contributed by atoms with Gasteiger partial charge in [0.2, 0.25) is 0 Å². The van der Waals surface area contributed by atoms with Gasteiger partial charge in [-0.3, -0.25) is 4.79 Å². The Labute approximate surface area is 117 Å². The molecule has 0 unspecified atom stereocenters. The number of hydrogen-bond acceptors (Lipinski definition) is 1. The molecule has 1 aliphatic carbocycles. The van der Waals surface area contributed by atoms with Gasteiger partial charge in [0.15, 0.2) is 0 Å². The lowest BCUT2D eigenvalue weighted by molar-refractivity contribution is -0.151. The van der Waals surface area contributed by atoms with Gasteiger partial charge in [-0.05, 0) is 55.7 Å². The highest BCUT2D eigenvalue weighted by Crippen LogP contribution is 2.42. The molecule has 0 spiro atoms. The molecule has 1 aliphatic rings. The van der Waals surface area contributed by atoms with E-state index in [0.29, 0.717) is 24.3 Å². The van der Waals surface area contributed by atoms with Crippen LogP contribution in [0.4, 0.5) is 8.78 Å². The van der Waals surface area contributed by atoms with Gasteiger partial charge in [0.05, 0.1) is 5.41 Å². The van der Waals surface area contributed by atoms with E-state index in [0.717, 1.165) is 25.3 Å². The summed E-state index contributed by atoms with van der Waals surface area (Å²) < 4.78 is 26.5. The number of rotatable bonds is 4. The van der Waals surface area contributed by atoms with E-state index in [2.05, 4.69) is 6.92 Å². The highest BCUT2D eigenvalue weighted by Gasteiger charge is 2.41. The second-order valence-corrected chi connectivity index (χ2v) is 5.89. The first-order valence-electron chi connectivity index (χ1n) is 7.13. The molecule has 1 fully saturated rings. The molecule has 0 atom stereocenters. The van der Waals surface area contributed by atoms with Gasteiger partial charge in [0, 0.05) is 6.07 Å². The Morgan fingerprint density at radius 3 is 2.25 bits per heavy atom. The molecule has 0 radical (unpaired) electrons. The molecule has 1 saturated carbocycles. The van der Waals surface area contributed by atoms with E-state index in [1.807, 2.05) is 0 Å². The summed E-state index contributed by atoms with van der Waals surface area (Å²) in [5, 5.41) is 9.56. The van der Waals surface area contributed by atoms with Crippen LogP contribution < -0.4 is 0 Å². The predicted molar refractivity (Wildman–Crippen MR) is 72.4 cm³/mol. The summed E-state index contributed by atoms with van der Waals surface area (Å²) in [7, 11) is 0. The fraction of sp³-hybridized carbons (Fsp3) is 0.562. The minimum atomic E-state index is -0.869. The van der Waals surface area contributed by atoms with Gasteiger partial charge in [-0.2, -0.15) is 0 Å². The maximum absolute atomic E-state index is 13.2. The standard InChI is InChI=1S/C16H20F2O2/c1-2-11-3-5-16(6-4-11,15(19)20)10-12-7-13(17)9-14(18)8-12/h7-9,11H,2-6,10H2,1H3,(H,19,20). The van der Waals surface area contributed by atoms with Gasteiger partial charge < -0.3 is 5.11 Å². The van der Waals surface area contributed by atoms with Gasteiger partial charge in [0.1, 0.15) is 11.6 Å². The van der Waals surface area contributed by atoms with Crippen LogP contribution in [0, 0.1) is 23.0 Å². The molecule has 1 aromatic rings. The number of aliphatic carboxylic acids is 1. The van der Waals surface area contributed by atoms with Crippen molar-refractivity contribution in [2.45, 2.75) is 45.4 Å². The van der Waals surface area contributed by atoms with Crippen molar-refractivity contribution in [3.05, 3.63) is 35.4 Å². The van der Waals surface area contributed by atoms with Crippen LogP contribution in [0.2, 0.25) is 0 Å². The summed E-state index contributed by atoms with van der Waals surface area (Å²) in [5.74, 6) is -1.57. The van der Waals surface area contributed by atoms with E-state index < -0.39 is 23.0 Å². The molecule has 1 aromatic carbocycles. The Balaban J connectivity index is 2.20. The number of benzene rings is 1. The van der Waals surface area contributed by atoms with Crippen molar-refractivity contribution in [3.8, 4) is 0 Å². The summed E-state index contributed by atoms with van der Waals surface area (Å²) in [6.45, 7) is 2.11. The quantitative estimate of drug-likeness (QED) is 0.899. The van der Waals surface area contributed by atoms with Gasteiger partial charge in [-0.1, -0.05) is 13.3 Å². The van der Waals surface area contributed by atoms with Crippen LogP contribution in [0.5, 0.6) is 0 Å². The smallest absolute Gasteiger partial charge is 0.309 e. The number of carbonyl (C=O) groups is 1. The average molecular weight is 282 g/mol. The Bertz CT molecular complexity index is 471. The lowest BCUT2D eigenvalue weighted by atomic mass is 9.67. The van der Waals surface area contributed by atoms with Crippen LogP contribution in [0.3, 0.4) is 0 Å². The van der Waals surface area contributed by atoms with Crippen molar-refractivity contribution in [3.63, 3.8) is 0 Å². The molecule has 0 bridgehead atoms. The monoisotopic (exact) mass is 282 g/mol. The van der Waals surface area contributed by atoms with E-state index in [-0.39, 0.29) is 6.42 Å². The zero-order valence-corrected chi connectivity index (χ0v) is 11.7. The molecule has 0 saturated heterocycles. The van der Waals surface area contributed by atoms with Gasteiger partial charge in [0.25, 0.3) is 0 Å². The second-order valence-electron chi connectivity index (χ2n) is 5.89. The first-order valence-corrected chi connectivity index (χ1v) is 7.13. The Hall–Kier alpha value is -1.45. The summed E-state index contributed by atoms with van der Waals surface area (Å²) in [6.07, 6.45) is 4.18. The summed E-state index contributed by atoms with van der Waals surface area (Å²) in [6, 6.07) is 3.28. The van der Waals surface area contributed by atoms with Crippen molar-refractivity contribution in [2.24, 2.45) is 11.3 Å². The van der Waals surface area contributed by atoms with Crippen molar-refractivity contribution in [1.29, 1.82) is 0 Å². The highest BCUT2D eigenvalue weighted by atomic mass is 19.1. The van der Waals surface area contributed by atoms with Gasteiger partial charge in [-0.25, -0.2) is 8.78 Å². The SMILES string of the molecule is CCC1CCC(Cc2cc(F)cc(F)c2)(C(=O)O)CC1. The molecule has 20 heavy (non-hydrogen) atoms. The van der Waals surface area contributed by atoms with Crippen LogP contribution in [0.15, 0.2) is 18.2 Å². The average Bonchev–Trinajstić information content (AvgIpc) is 2.38. The molecule has 0 amide bonds. The summed E-state index contributed by atoms with van der Waals surface area (Å²) in [5.41, 5.74) is -0.439. The van der Waals surface area contributed by atoms with Crippen LogP contribution in [0.25, 0.3) is 0 Å². The van der Waals surface area contributed by atoms with E-state index in [4.69, 9.17) is 0 Å².